The maximum Gasteiger partial charge on any atom is 0.225 e. The van der Waals surface area contributed by atoms with E-state index in [1.54, 1.807) is 23.1 Å². The van der Waals surface area contributed by atoms with Crippen LogP contribution in [0, 0.1) is 5.92 Å². The molecule has 1 saturated heterocycles. The van der Waals surface area contributed by atoms with Crippen molar-refractivity contribution in [2.75, 3.05) is 6.54 Å². The third-order valence-electron chi connectivity index (χ3n) is 4.28. The van der Waals surface area contributed by atoms with Crippen LogP contribution >= 0.6 is 23.2 Å². The van der Waals surface area contributed by atoms with Gasteiger partial charge in [-0.3, -0.25) is 9.59 Å². The highest BCUT2D eigenvalue weighted by atomic mass is 35.5. The first-order chi connectivity index (χ1) is 12.0. The molecule has 1 fully saturated rings. The minimum absolute atomic E-state index is 0.0217. The maximum atomic E-state index is 12.4. The van der Waals surface area contributed by atoms with Crippen LogP contribution in [0.5, 0.6) is 0 Å². The summed E-state index contributed by atoms with van der Waals surface area (Å²) in [4.78, 5) is 26.2. The van der Waals surface area contributed by atoms with E-state index in [-0.39, 0.29) is 24.2 Å². The minimum atomic E-state index is -0.331. The Morgan fingerprint density at radius 1 is 1.12 bits per heavy atom. The molecule has 0 saturated carbocycles. The Kier molecular flexibility index (Phi) is 5.61. The SMILES string of the molecule is O=C(NCc1ccc(Cl)cc1)[C@@H]1CC(=O)N(Cc2ccccc2Cl)C1. The number of nitrogens with one attached hydrogen (secondary N) is 1. The van der Waals surface area contributed by atoms with E-state index in [1.165, 1.54) is 0 Å². The summed E-state index contributed by atoms with van der Waals surface area (Å²) in [6.45, 7) is 1.27. The summed E-state index contributed by atoms with van der Waals surface area (Å²) in [6.07, 6.45) is 0.233. The molecule has 0 unspecified atom stereocenters. The molecule has 1 aliphatic heterocycles. The Balaban J connectivity index is 1.55. The van der Waals surface area contributed by atoms with E-state index in [9.17, 15) is 9.59 Å². The van der Waals surface area contributed by atoms with Gasteiger partial charge in [-0.2, -0.15) is 0 Å². The van der Waals surface area contributed by atoms with Gasteiger partial charge in [-0.25, -0.2) is 0 Å². The number of likely N-dealkylation sites (tertiary alicyclic amines) is 1. The van der Waals surface area contributed by atoms with Crippen molar-refractivity contribution in [3.05, 3.63) is 69.7 Å². The van der Waals surface area contributed by atoms with Crippen LogP contribution in [0.3, 0.4) is 0 Å². The zero-order valence-corrected chi connectivity index (χ0v) is 15.1. The number of amides is 2. The van der Waals surface area contributed by atoms with Crippen molar-refractivity contribution in [1.29, 1.82) is 0 Å². The summed E-state index contributed by atoms with van der Waals surface area (Å²) in [5.41, 5.74) is 1.86. The number of carbonyl (C=O) groups is 2. The average Bonchev–Trinajstić information content (AvgIpc) is 2.97. The number of rotatable bonds is 5. The first-order valence-corrected chi connectivity index (χ1v) is 8.82. The van der Waals surface area contributed by atoms with Gasteiger partial charge in [-0.05, 0) is 29.3 Å². The van der Waals surface area contributed by atoms with Gasteiger partial charge in [0, 0.05) is 36.1 Å². The second-order valence-corrected chi connectivity index (χ2v) is 6.95. The third-order valence-corrected chi connectivity index (χ3v) is 4.91. The summed E-state index contributed by atoms with van der Waals surface area (Å²) in [6, 6.07) is 14.7. The molecular weight excluding hydrogens is 359 g/mol. The number of hydrogen-bond acceptors (Lipinski definition) is 2. The molecule has 1 atom stereocenters. The molecule has 0 spiro atoms. The average molecular weight is 377 g/mol. The Morgan fingerprint density at radius 2 is 1.84 bits per heavy atom. The van der Waals surface area contributed by atoms with Gasteiger partial charge in [0.15, 0.2) is 0 Å². The van der Waals surface area contributed by atoms with Crippen LogP contribution in [0.15, 0.2) is 48.5 Å². The maximum absolute atomic E-state index is 12.4. The molecule has 6 heteroatoms. The highest BCUT2D eigenvalue weighted by molar-refractivity contribution is 6.31. The van der Waals surface area contributed by atoms with E-state index in [0.29, 0.717) is 29.7 Å². The third kappa shape index (κ3) is 4.53. The van der Waals surface area contributed by atoms with E-state index in [2.05, 4.69) is 5.32 Å². The van der Waals surface area contributed by atoms with Crippen LogP contribution in [-0.4, -0.2) is 23.3 Å². The molecule has 3 rings (SSSR count). The Bertz CT molecular complexity index is 777. The summed E-state index contributed by atoms with van der Waals surface area (Å²) in [5, 5.41) is 4.18. The Morgan fingerprint density at radius 3 is 2.56 bits per heavy atom. The van der Waals surface area contributed by atoms with E-state index >= 15 is 0 Å². The van der Waals surface area contributed by atoms with Crippen LogP contribution in [0.2, 0.25) is 10.0 Å². The van der Waals surface area contributed by atoms with Crippen LogP contribution in [0.25, 0.3) is 0 Å². The van der Waals surface area contributed by atoms with Gasteiger partial charge < -0.3 is 10.2 Å². The van der Waals surface area contributed by atoms with Gasteiger partial charge >= 0.3 is 0 Å². The zero-order chi connectivity index (χ0) is 17.8. The van der Waals surface area contributed by atoms with Crippen LogP contribution < -0.4 is 5.32 Å². The van der Waals surface area contributed by atoms with Crippen LogP contribution in [0.4, 0.5) is 0 Å². The smallest absolute Gasteiger partial charge is 0.225 e. The summed E-state index contributed by atoms with van der Waals surface area (Å²) >= 11 is 12.0. The van der Waals surface area contributed by atoms with Crippen molar-refractivity contribution in [3.8, 4) is 0 Å². The second-order valence-electron chi connectivity index (χ2n) is 6.11. The van der Waals surface area contributed by atoms with Gasteiger partial charge in [-0.15, -0.1) is 0 Å². The van der Waals surface area contributed by atoms with Gasteiger partial charge in [0.05, 0.1) is 5.92 Å². The normalized spacial score (nSPS) is 17.0. The molecule has 0 aromatic heterocycles. The van der Waals surface area contributed by atoms with Gasteiger partial charge in [-0.1, -0.05) is 53.5 Å². The number of halogens is 2. The topological polar surface area (TPSA) is 49.4 Å². The van der Waals surface area contributed by atoms with Gasteiger partial charge in [0.2, 0.25) is 11.8 Å². The van der Waals surface area contributed by atoms with Crippen molar-refractivity contribution < 1.29 is 9.59 Å². The van der Waals surface area contributed by atoms with Crippen LogP contribution in [0.1, 0.15) is 17.5 Å². The van der Waals surface area contributed by atoms with Crippen molar-refractivity contribution >= 4 is 35.0 Å². The highest BCUT2D eigenvalue weighted by Gasteiger charge is 2.34. The number of benzene rings is 2. The molecule has 25 heavy (non-hydrogen) atoms. The summed E-state index contributed by atoms with van der Waals surface area (Å²) in [7, 11) is 0. The van der Waals surface area contributed by atoms with E-state index in [4.69, 9.17) is 23.2 Å². The van der Waals surface area contributed by atoms with Crippen molar-refractivity contribution in [1.82, 2.24) is 10.2 Å². The highest BCUT2D eigenvalue weighted by Crippen LogP contribution is 2.23. The number of carbonyl (C=O) groups excluding carboxylic acids is 2. The van der Waals surface area contributed by atoms with Crippen molar-refractivity contribution in [3.63, 3.8) is 0 Å². The van der Waals surface area contributed by atoms with E-state index in [0.717, 1.165) is 11.1 Å². The van der Waals surface area contributed by atoms with Gasteiger partial charge in [0.25, 0.3) is 0 Å². The second kappa shape index (κ2) is 7.89. The molecule has 0 radical (unpaired) electrons. The fraction of sp³-hybridized carbons (Fsp3) is 0.263. The Hall–Kier alpha value is -2.04. The first kappa shape index (κ1) is 17.8. The van der Waals surface area contributed by atoms with Crippen molar-refractivity contribution in [2.24, 2.45) is 5.92 Å². The predicted molar refractivity (Wildman–Crippen MR) is 98.3 cm³/mol. The first-order valence-electron chi connectivity index (χ1n) is 8.06. The molecule has 1 aliphatic rings. The lowest BCUT2D eigenvalue weighted by atomic mass is 10.1. The van der Waals surface area contributed by atoms with E-state index < -0.39 is 0 Å². The molecule has 0 bridgehead atoms. The quantitative estimate of drug-likeness (QED) is 0.865. The predicted octanol–water partition coefficient (Wildman–Crippen LogP) is 3.66. The fourth-order valence-corrected chi connectivity index (χ4v) is 3.19. The lowest BCUT2D eigenvalue weighted by molar-refractivity contribution is -0.129. The van der Waals surface area contributed by atoms with E-state index in [1.807, 2.05) is 30.3 Å². The molecule has 2 aromatic carbocycles. The lowest BCUT2D eigenvalue weighted by Gasteiger charge is -2.17. The lowest BCUT2D eigenvalue weighted by Crippen LogP contribution is -2.32. The Labute approximate surface area is 156 Å². The minimum Gasteiger partial charge on any atom is -0.352 e. The standard InChI is InChI=1S/C19H18Cl2N2O2/c20-16-7-5-13(6-8-16)10-22-19(25)15-9-18(24)23(12-15)11-14-3-1-2-4-17(14)21/h1-8,15H,9-12H2,(H,22,25)/t15-/m1/s1. The zero-order valence-electron chi connectivity index (χ0n) is 13.5. The van der Waals surface area contributed by atoms with Gasteiger partial charge in [0.1, 0.15) is 0 Å². The molecule has 1 heterocycles. The van der Waals surface area contributed by atoms with Crippen LogP contribution in [-0.2, 0) is 22.7 Å². The summed E-state index contributed by atoms with van der Waals surface area (Å²) in [5.74, 6) is -0.459. The number of hydrogen-bond donors (Lipinski definition) is 1. The number of nitrogens with zero attached hydrogens (tertiary/aromatic N) is 1. The largest absolute Gasteiger partial charge is 0.352 e. The molecule has 0 aliphatic carbocycles. The summed E-state index contributed by atoms with van der Waals surface area (Å²) < 4.78 is 0. The molecular formula is C19H18Cl2N2O2. The molecule has 130 valence electrons. The monoisotopic (exact) mass is 376 g/mol. The van der Waals surface area contributed by atoms with Crippen molar-refractivity contribution in [2.45, 2.75) is 19.5 Å². The molecule has 2 aromatic rings. The fourth-order valence-electron chi connectivity index (χ4n) is 2.87. The molecule has 1 N–H and O–H groups in total. The molecule has 2 amide bonds. The molecule has 4 nitrogen and oxygen atoms in total.